The van der Waals surface area contributed by atoms with Gasteiger partial charge in [0.1, 0.15) is 0 Å². The van der Waals surface area contributed by atoms with Crippen molar-refractivity contribution < 1.29 is 4.79 Å². The van der Waals surface area contributed by atoms with Gasteiger partial charge in [-0.2, -0.15) is 5.10 Å². The molecule has 0 saturated heterocycles. The van der Waals surface area contributed by atoms with Crippen molar-refractivity contribution in [2.45, 2.75) is 26.4 Å². The Morgan fingerprint density at radius 2 is 1.83 bits per heavy atom. The summed E-state index contributed by atoms with van der Waals surface area (Å²) in [6.07, 6.45) is 3.41. The number of fused-ring (bicyclic) bond motifs is 1. The molecular weight excluding hydrogens is 366 g/mol. The summed E-state index contributed by atoms with van der Waals surface area (Å²) in [6, 6.07) is 15.3. The van der Waals surface area contributed by atoms with Crippen LogP contribution in [0.3, 0.4) is 0 Å². The molecule has 3 heterocycles. The summed E-state index contributed by atoms with van der Waals surface area (Å²) < 4.78 is 1.75. The zero-order valence-corrected chi connectivity index (χ0v) is 16.2. The molecule has 4 aromatic rings. The van der Waals surface area contributed by atoms with Gasteiger partial charge >= 0.3 is 6.03 Å². The summed E-state index contributed by atoms with van der Waals surface area (Å²) in [6.45, 7) is 4.32. The smallest absolute Gasteiger partial charge is 0.320 e. The Balaban J connectivity index is 1.76. The highest BCUT2D eigenvalue weighted by molar-refractivity contribution is 5.99. The van der Waals surface area contributed by atoms with Crippen LogP contribution < -0.4 is 10.6 Å². The zero-order valence-electron chi connectivity index (χ0n) is 16.2. The van der Waals surface area contributed by atoms with Crippen molar-refractivity contribution in [3.63, 3.8) is 0 Å². The molecule has 0 spiro atoms. The molecule has 2 N–H and O–H groups in total. The van der Waals surface area contributed by atoms with Crippen LogP contribution in [-0.2, 0) is 6.54 Å². The predicted octanol–water partition coefficient (Wildman–Crippen LogP) is 3.47. The van der Waals surface area contributed by atoms with Gasteiger partial charge in [0.05, 0.1) is 17.6 Å². The average Bonchev–Trinajstić information content (AvgIpc) is 3.05. The van der Waals surface area contributed by atoms with Gasteiger partial charge in [-0.05, 0) is 37.6 Å². The first-order valence-electron chi connectivity index (χ1n) is 9.36. The van der Waals surface area contributed by atoms with E-state index in [1.807, 2.05) is 62.4 Å². The molecule has 8 nitrogen and oxygen atoms in total. The van der Waals surface area contributed by atoms with E-state index in [2.05, 4.69) is 30.9 Å². The quantitative estimate of drug-likeness (QED) is 0.546. The van der Waals surface area contributed by atoms with Crippen LogP contribution in [-0.4, -0.2) is 37.0 Å². The molecule has 0 aliphatic heterocycles. The number of rotatable bonds is 5. The van der Waals surface area contributed by atoms with Crippen LogP contribution in [0.15, 0.2) is 60.9 Å². The number of nitrogens with zero attached hydrogens (tertiary/aromatic N) is 5. The number of benzene rings is 1. The van der Waals surface area contributed by atoms with Crippen LogP contribution in [0.25, 0.3) is 22.3 Å². The molecule has 8 heteroatoms. The number of anilines is 1. The Morgan fingerprint density at radius 3 is 2.55 bits per heavy atom. The summed E-state index contributed by atoms with van der Waals surface area (Å²) in [5.74, 6) is 0.444. The van der Waals surface area contributed by atoms with Gasteiger partial charge in [0.25, 0.3) is 0 Å². The molecule has 0 fully saturated rings. The summed E-state index contributed by atoms with van der Waals surface area (Å²) in [7, 11) is 0. The molecule has 0 aliphatic carbocycles. The SMILES string of the molecule is CC(C)NC(=O)Nc1nn(Cc2ccccc2)c2nnc(-c3ccncc3)cc12. The molecule has 0 aliphatic rings. The number of urea groups is 1. The van der Waals surface area contributed by atoms with E-state index in [9.17, 15) is 4.79 Å². The maximum Gasteiger partial charge on any atom is 0.320 e. The second-order valence-corrected chi connectivity index (χ2v) is 6.95. The summed E-state index contributed by atoms with van der Waals surface area (Å²) >= 11 is 0. The first kappa shape index (κ1) is 18.5. The van der Waals surface area contributed by atoms with Gasteiger partial charge in [0.15, 0.2) is 11.5 Å². The van der Waals surface area contributed by atoms with Crippen LogP contribution in [0, 0.1) is 0 Å². The Morgan fingerprint density at radius 1 is 1.07 bits per heavy atom. The number of amides is 2. The normalized spacial score (nSPS) is 11.0. The van der Waals surface area contributed by atoms with Gasteiger partial charge in [0, 0.05) is 24.0 Å². The highest BCUT2D eigenvalue weighted by atomic mass is 16.2. The fourth-order valence-electron chi connectivity index (χ4n) is 3.00. The Labute approximate surface area is 168 Å². The molecule has 0 radical (unpaired) electrons. The van der Waals surface area contributed by atoms with Crippen molar-refractivity contribution in [1.82, 2.24) is 30.3 Å². The standard InChI is InChI=1S/C21H21N7O/c1-14(2)23-21(29)24-19-17-12-18(16-8-10-22-11-9-16)25-26-20(17)28(27-19)13-15-6-4-3-5-7-15/h3-12,14H,13H2,1-2H3,(H2,23,24,27,29). The van der Waals surface area contributed by atoms with Gasteiger partial charge in [-0.25, -0.2) is 9.48 Å². The minimum absolute atomic E-state index is 0.0137. The maximum absolute atomic E-state index is 12.3. The topological polar surface area (TPSA) is 97.6 Å². The molecule has 0 saturated carbocycles. The van der Waals surface area contributed by atoms with Crippen molar-refractivity contribution in [2.75, 3.05) is 5.32 Å². The number of carbonyl (C=O) groups excluding carboxylic acids is 1. The number of carbonyl (C=O) groups is 1. The predicted molar refractivity (Wildman–Crippen MR) is 111 cm³/mol. The van der Waals surface area contributed by atoms with Crippen molar-refractivity contribution in [1.29, 1.82) is 0 Å². The largest absolute Gasteiger partial charge is 0.336 e. The third-order valence-electron chi connectivity index (χ3n) is 4.30. The molecule has 0 unspecified atom stereocenters. The average molecular weight is 387 g/mol. The second kappa shape index (κ2) is 8.05. The Bertz CT molecular complexity index is 1120. The molecule has 4 rings (SSSR count). The molecule has 146 valence electrons. The van der Waals surface area contributed by atoms with Crippen molar-refractivity contribution >= 4 is 22.9 Å². The molecule has 29 heavy (non-hydrogen) atoms. The van der Waals surface area contributed by atoms with E-state index in [1.54, 1.807) is 17.1 Å². The number of nitrogens with one attached hydrogen (secondary N) is 2. The fraction of sp³-hybridized carbons (Fsp3) is 0.190. The maximum atomic E-state index is 12.3. The molecule has 3 aromatic heterocycles. The van der Waals surface area contributed by atoms with E-state index < -0.39 is 0 Å². The van der Waals surface area contributed by atoms with Gasteiger partial charge in [0.2, 0.25) is 0 Å². The number of hydrogen-bond acceptors (Lipinski definition) is 5. The Hall–Kier alpha value is -3.81. The van der Waals surface area contributed by atoms with E-state index in [-0.39, 0.29) is 12.1 Å². The van der Waals surface area contributed by atoms with Gasteiger partial charge in [-0.1, -0.05) is 30.3 Å². The summed E-state index contributed by atoms with van der Waals surface area (Å²) in [5, 5.41) is 19.7. The highest BCUT2D eigenvalue weighted by Gasteiger charge is 2.17. The third-order valence-corrected chi connectivity index (χ3v) is 4.30. The summed E-state index contributed by atoms with van der Waals surface area (Å²) in [4.78, 5) is 16.3. The van der Waals surface area contributed by atoms with E-state index in [1.165, 1.54) is 0 Å². The molecule has 0 atom stereocenters. The van der Waals surface area contributed by atoms with Crippen LogP contribution >= 0.6 is 0 Å². The van der Waals surface area contributed by atoms with E-state index in [0.29, 0.717) is 23.7 Å². The lowest BCUT2D eigenvalue weighted by atomic mass is 10.1. The van der Waals surface area contributed by atoms with E-state index in [0.717, 1.165) is 16.5 Å². The molecule has 2 amide bonds. The lowest BCUT2D eigenvalue weighted by molar-refractivity contribution is 0.250. The monoisotopic (exact) mass is 387 g/mol. The van der Waals surface area contributed by atoms with Crippen LogP contribution in [0.1, 0.15) is 19.4 Å². The molecule has 1 aromatic carbocycles. The molecular formula is C21H21N7O. The first-order chi connectivity index (χ1) is 14.1. The van der Waals surface area contributed by atoms with Gasteiger partial charge in [-0.3, -0.25) is 10.3 Å². The van der Waals surface area contributed by atoms with Crippen molar-refractivity contribution in [2.24, 2.45) is 0 Å². The lowest BCUT2D eigenvalue weighted by Gasteiger charge is -2.08. The van der Waals surface area contributed by atoms with Crippen LogP contribution in [0.5, 0.6) is 0 Å². The summed E-state index contributed by atoms with van der Waals surface area (Å²) in [5.41, 5.74) is 3.26. The van der Waals surface area contributed by atoms with E-state index in [4.69, 9.17) is 0 Å². The third kappa shape index (κ3) is 4.21. The first-order valence-corrected chi connectivity index (χ1v) is 9.36. The molecule has 0 bridgehead atoms. The number of hydrogen-bond donors (Lipinski definition) is 2. The Kier molecular flexibility index (Phi) is 5.15. The highest BCUT2D eigenvalue weighted by Crippen LogP contribution is 2.26. The second-order valence-electron chi connectivity index (χ2n) is 6.95. The van der Waals surface area contributed by atoms with Crippen LogP contribution in [0.2, 0.25) is 0 Å². The van der Waals surface area contributed by atoms with Crippen molar-refractivity contribution in [3.05, 3.63) is 66.5 Å². The zero-order chi connectivity index (χ0) is 20.2. The number of aromatic nitrogens is 5. The van der Waals surface area contributed by atoms with Crippen molar-refractivity contribution in [3.8, 4) is 11.3 Å². The number of pyridine rings is 1. The van der Waals surface area contributed by atoms with E-state index >= 15 is 0 Å². The lowest BCUT2D eigenvalue weighted by Crippen LogP contribution is -2.34. The fourth-order valence-corrected chi connectivity index (χ4v) is 3.00. The van der Waals surface area contributed by atoms with Crippen LogP contribution in [0.4, 0.5) is 10.6 Å². The minimum atomic E-state index is -0.312. The minimum Gasteiger partial charge on any atom is -0.336 e. The van der Waals surface area contributed by atoms with Gasteiger partial charge in [-0.15, -0.1) is 10.2 Å². The van der Waals surface area contributed by atoms with Gasteiger partial charge < -0.3 is 5.32 Å².